The van der Waals surface area contributed by atoms with Crippen molar-refractivity contribution in [1.82, 2.24) is 5.32 Å². The fraction of sp³-hybridized carbons (Fsp3) is 0.476. The van der Waals surface area contributed by atoms with E-state index < -0.39 is 29.0 Å². The molecule has 1 unspecified atom stereocenters. The van der Waals surface area contributed by atoms with E-state index in [4.69, 9.17) is 32.7 Å². The van der Waals surface area contributed by atoms with E-state index in [0.29, 0.717) is 15.6 Å². The van der Waals surface area contributed by atoms with Crippen LogP contribution in [0.1, 0.15) is 46.1 Å². The van der Waals surface area contributed by atoms with Crippen molar-refractivity contribution in [2.24, 2.45) is 4.99 Å². The van der Waals surface area contributed by atoms with Crippen LogP contribution in [0.25, 0.3) is 0 Å². The van der Waals surface area contributed by atoms with E-state index in [1.165, 1.54) is 19.4 Å². The topological polar surface area (TPSA) is 77.0 Å². The van der Waals surface area contributed by atoms with Crippen molar-refractivity contribution < 1.29 is 23.5 Å². The number of aliphatic imine (C=N–C) groups is 1. The average Bonchev–Trinajstić information content (AvgIpc) is 2.63. The number of ether oxygens (including phenoxy) is 2. The van der Waals surface area contributed by atoms with Crippen LogP contribution >= 0.6 is 23.2 Å². The maximum atomic E-state index is 14.2. The highest BCUT2D eigenvalue weighted by Gasteiger charge is 2.33. The minimum atomic E-state index is -1.32. The number of nitrogens with zero attached hydrogens (tertiary/aromatic N) is 1. The highest BCUT2D eigenvalue weighted by Crippen LogP contribution is 2.25. The van der Waals surface area contributed by atoms with Crippen LogP contribution in [0.2, 0.25) is 10.0 Å². The highest BCUT2D eigenvalue weighted by molar-refractivity contribution is 6.36. The second-order valence-corrected chi connectivity index (χ2v) is 8.57. The molecule has 0 saturated heterocycles. The molecule has 0 aromatic heterocycles. The zero-order chi connectivity index (χ0) is 22.9. The number of methoxy groups -OCH3 is 1. The van der Waals surface area contributed by atoms with Crippen molar-refractivity contribution >= 4 is 41.5 Å². The molecule has 30 heavy (non-hydrogen) atoms. The molecule has 0 radical (unpaired) electrons. The van der Waals surface area contributed by atoms with Crippen molar-refractivity contribution in [3.8, 4) is 0 Å². The molecule has 166 valence electrons. The molecule has 1 atom stereocenters. The fourth-order valence-electron chi connectivity index (χ4n) is 2.28. The molecule has 1 aromatic carbocycles. The van der Waals surface area contributed by atoms with Crippen LogP contribution < -0.4 is 5.32 Å². The summed E-state index contributed by atoms with van der Waals surface area (Å²) >= 11 is 12.0. The third-order valence-corrected chi connectivity index (χ3v) is 4.46. The zero-order valence-electron chi connectivity index (χ0n) is 17.7. The van der Waals surface area contributed by atoms with Crippen LogP contribution in [0, 0.1) is 0 Å². The third kappa shape index (κ3) is 9.13. The number of carbonyl (C=O) groups is 2. The summed E-state index contributed by atoms with van der Waals surface area (Å²) in [5, 5.41) is 3.28. The van der Waals surface area contributed by atoms with E-state index >= 15 is 0 Å². The number of alkyl carbamates (subject to hydrolysis) is 1. The van der Waals surface area contributed by atoms with Crippen LogP contribution in [-0.4, -0.2) is 43.1 Å². The summed E-state index contributed by atoms with van der Waals surface area (Å²) < 4.78 is 24.1. The highest BCUT2D eigenvalue weighted by atomic mass is 35.5. The first-order valence-electron chi connectivity index (χ1n) is 9.26. The van der Waals surface area contributed by atoms with Gasteiger partial charge in [0.25, 0.3) is 0 Å². The SMILES string of the molecule is COC(=O)C(C)(CC/C(F)=C/CNC(=O)OC(C)(C)C)/N=C/c1ccc(Cl)cc1Cl. The molecule has 1 amide bonds. The number of carbonyl (C=O) groups excluding carboxylic acids is 2. The molecule has 1 N–H and O–H groups in total. The molecule has 6 nitrogen and oxygen atoms in total. The summed E-state index contributed by atoms with van der Waals surface area (Å²) in [4.78, 5) is 28.1. The summed E-state index contributed by atoms with van der Waals surface area (Å²) in [6.07, 6.45) is 1.97. The van der Waals surface area contributed by atoms with Crippen LogP contribution in [0.4, 0.5) is 9.18 Å². The second kappa shape index (κ2) is 11.3. The lowest BCUT2D eigenvalue weighted by Crippen LogP contribution is -2.35. The van der Waals surface area contributed by atoms with Crippen molar-refractivity contribution in [2.45, 2.75) is 51.7 Å². The number of esters is 1. The largest absolute Gasteiger partial charge is 0.467 e. The maximum Gasteiger partial charge on any atom is 0.407 e. The number of hydrogen-bond donors (Lipinski definition) is 1. The number of allylic oxidation sites excluding steroid dienone is 1. The number of benzene rings is 1. The molecule has 0 fully saturated rings. The van der Waals surface area contributed by atoms with Gasteiger partial charge in [-0.2, -0.15) is 0 Å². The molecule has 0 saturated carbocycles. The van der Waals surface area contributed by atoms with Gasteiger partial charge in [0.1, 0.15) is 5.60 Å². The van der Waals surface area contributed by atoms with Crippen LogP contribution in [0.3, 0.4) is 0 Å². The minimum Gasteiger partial charge on any atom is -0.467 e. The van der Waals surface area contributed by atoms with Crippen LogP contribution in [-0.2, 0) is 14.3 Å². The standard InChI is InChI=1S/C21H27Cl2FN2O4/c1-20(2,3)30-19(28)25-11-9-16(24)8-10-21(4,18(27)29-5)26-13-14-6-7-15(22)12-17(14)23/h6-7,9,12-13H,8,10-11H2,1-5H3,(H,25,28)/b16-9-,26-13+. The molecule has 0 heterocycles. The quantitative estimate of drug-likeness (QED) is 0.410. The molecule has 0 aliphatic carbocycles. The Hall–Kier alpha value is -2.12. The van der Waals surface area contributed by atoms with E-state index in [9.17, 15) is 14.0 Å². The Labute approximate surface area is 186 Å². The number of halogens is 3. The molecule has 0 aliphatic rings. The third-order valence-electron chi connectivity index (χ3n) is 3.90. The van der Waals surface area contributed by atoms with E-state index in [2.05, 4.69) is 10.3 Å². The molecular weight excluding hydrogens is 434 g/mol. The van der Waals surface area contributed by atoms with Gasteiger partial charge in [-0.05, 0) is 52.3 Å². The molecule has 1 rings (SSSR count). The number of hydrogen-bond acceptors (Lipinski definition) is 5. The van der Waals surface area contributed by atoms with Gasteiger partial charge in [-0.25, -0.2) is 14.0 Å². The Balaban J connectivity index is 2.76. The lowest BCUT2D eigenvalue weighted by atomic mass is 9.96. The van der Waals surface area contributed by atoms with E-state index in [1.54, 1.807) is 45.9 Å². The smallest absolute Gasteiger partial charge is 0.407 e. The Bertz CT molecular complexity index is 822. The molecule has 0 bridgehead atoms. The monoisotopic (exact) mass is 460 g/mol. The number of nitrogens with one attached hydrogen (secondary N) is 1. The van der Waals surface area contributed by atoms with E-state index in [0.717, 1.165) is 0 Å². The first kappa shape index (κ1) is 25.9. The Kier molecular flexibility index (Phi) is 9.78. The summed E-state index contributed by atoms with van der Waals surface area (Å²) in [5.74, 6) is -1.11. The first-order valence-corrected chi connectivity index (χ1v) is 10.0. The lowest BCUT2D eigenvalue weighted by molar-refractivity contribution is -0.146. The van der Waals surface area contributed by atoms with Crippen LogP contribution in [0.5, 0.6) is 0 Å². The van der Waals surface area contributed by atoms with Gasteiger partial charge in [-0.15, -0.1) is 0 Å². The molecule has 1 aromatic rings. The van der Waals surface area contributed by atoms with Gasteiger partial charge >= 0.3 is 12.1 Å². The number of amides is 1. The average molecular weight is 461 g/mol. The van der Waals surface area contributed by atoms with Crippen molar-refractivity contribution in [1.29, 1.82) is 0 Å². The van der Waals surface area contributed by atoms with Crippen LogP contribution in [0.15, 0.2) is 35.1 Å². The molecule has 0 spiro atoms. The second-order valence-electron chi connectivity index (χ2n) is 7.72. The first-order chi connectivity index (χ1) is 13.9. The van der Waals surface area contributed by atoms with Gasteiger partial charge < -0.3 is 14.8 Å². The van der Waals surface area contributed by atoms with Gasteiger partial charge in [0.2, 0.25) is 0 Å². The Morgan fingerprint density at radius 1 is 1.23 bits per heavy atom. The zero-order valence-corrected chi connectivity index (χ0v) is 19.2. The minimum absolute atomic E-state index is 0.0423. The Morgan fingerprint density at radius 2 is 1.90 bits per heavy atom. The summed E-state index contributed by atoms with van der Waals surface area (Å²) in [5.41, 5.74) is -1.39. The number of rotatable bonds is 8. The van der Waals surface area contributed by atoms with Gasteiger partial charge in [0.15, 0.2) is 5.54 Å². The molecular formula is C21H27Cl2FN2O4. The van der Waals surface area contributed by atoms with Gasteiger partial charge in [-0.3, -0.25) is 4.99 Å². The summed E-state index contributed by atoms with van der Waals surface area (Å²) in [6, 6.07) is 4.86. The van der Waals surface area contributed by atoms with Crippen molar-refractivity contribution in [3.05, 3.63) is 45.7 Å². The van der Waals surface area contributed by atoms with Crippen molar-refractivity contribution in [3.63, 3.8) is 0 Å². The van der Waals surface area contributed by atoms with Gasteiger partial charge in [0, 0.05) is 29.8 Å². The van der Waals surface area contributed by atoms with Gasteiger partial charge in [-0.1, -0.05) is 29.3 Å². The summed E-state index contributed by atoms with van der Waals surface area (Å²) in [7, 11) is 1.24. The Morgan fingerprint density at radius 3 is 2.47 bits per heavy atom. The summed E-state index contributed by atoms with van der Waals surface area (Å²) in [6.45, 7) is 6.70. The predicted octanol–water partition coefficient (Wildman–Crippen LogP) is 5.50. The molecule has 9 heteroatoms. The van der Waals surface area contributed by atoms with E-state index in [1.807, 2.05) is 0 Å². The van der Waals surface area contributed by atoms with Crippen molar-refractivity contribution in [2.75, 3.05) is 13.7 Å². The molecule has 0 aliphatic heterocycles. The normalized spacial score (nSPS) is 14.3. The van der Waals surface area contributed by atoms with Gasteiger partial charge in [0.05, 0.1) is 18.0 Å². The maximum absolute atomic E-state index is 14.2. The van der Waals surface area contributed by atoms with E-state index in [-0.39, 0.29) is 19.4 Å². The fourth-order valence-corrected chi connectivity index (χ4v) is 2.74. The predicted molar refractivity (Wildman–Crippen MR) is 117 cm³/mol. The lowest BCUT2D eigenvalue weighted by Gasteiger charge is -2.22.